The van der Waals surface area contributed by atoms with Crippen LogP contribution in [0, 0.1) is 0 Å². The van der Waals surface area contributed by atoms with Crippen LogP contribution in [-0.4, -0.2) is 113 Å². The largest absolute Gasteiger partial charge is 0.478 e. The van der Waals surface area contributed by atoms with Crippen molar-refractivity contribution < 1.29 is 56.7 Å². The number of aromatic carboxylic acids is 1. The fraction of sp³-hybridized carbons (Fsp3) is 0.373. The van der Waals surface area contributed by atoms with Crippen molar-refractivity contribution in [2.45, 2.75) is 46.2 Å². The number of nitrogens with one attached hydrogen (secondary N) is 2. The molecule has 17 heteroatoms. The third-order valence-corrected chi connectivity index (χ3v) is 9.91. The molecule has 0 aliphatic heterocycles. The number of carboxylic acid groups (broad SMARTS) is 1. The van der Waals surface area contributed by atoms with E-state index in [1.807, 2.05) is 42.5 Å². The number of anilines is 3. The van der Waals surface area contributed by atoms with E-state index in [1.165, 1.54) is 12.1 Å². The molecule has 6 N–H and O–H groups in total. The minimum Gasteiger partial charge on any atom is -0.478 e. The zero-order valence-electron chi connectivity index (χ0n) is 38.9. The van der Waals surface area contributed by atoms with Crippen LogP contribution in [0.1, 0.15) is 70.2 Å². The number of carboxylic acids is 1. The minimum atomic E-state index is -4.43. The van der Waals surface area contributed by atoms with Crippen LogP contribution in [0.3, 0.4) is 0 Å². The van der Waals surface area contributed by atoms with Crippen molar-refractivity contribution in [3.05, 3.63) is 143 Å². The topological polar surface area (TPSA) is 195 Å². The van der Waals surface area contributed by atoms with Crippen molar-refractivity contribution in [2.75, 3.05) is 94.6 Å². The number of carbonyl (C=O) groups is 3. The third-order valence-electron chi connectivity index (χ3n) is 9.91. The Balaban J connectivity index is 0.00000194. The molecule has 0 saturated carbocycles. The minimum absolute atomic E-state index is 0.243. The van der Waals surface area contributed by atoms with Gasteiger partial charge in [-0.05, 0) is 130 Å². The van der Waals surface area contributed by atoms with E-state index in [-0.39, 0.29) is 30.9 Å². The number of aliphatic hydroxyl groups excluding tert-OH is 1. The molecule has 368 valence electrons. The standard InChI is InChI=1S/C48H55F3N4O7.C2H6O.CH3NO/c1-3-55(4-2)42-17-18-44(43(34-42)45-33-37(19-20-53-45)30-36-9-6-12-40(32-36)48(49,50)51)54-46(56)39-11-5-8-35(31-39)10-7-22-59-24-26-61-28-29-62-27-25-60-23-21-52-41-15-13-38(14-16-41)47(57)58;1-2-3;2-1-3/h5-6,8-9,11-20,31-34,52H,3-4,7,10,21-30H2,1-2H3,(H,54,56)(H,57,58);3H,2H2,1H3;1H,(H2,2,3). The molecule has 0 aliphatic rings. The van der Waals surface area contributed by atoms with Crippen molar-refractivity contribution in [3.63, 3.8) is 0 Å². The van der Waals surface area contributed by atoms with E-state index in [2.05, 4.69) is 40.1 Å². The summed E-state index contributed by atoms with van der Waals surface area (Å²) in [6.45, 7) is 11.9. The van der Waals surface area contributed by atoms with E-state index in [0.29, 0.717) is 87.5 Å². The SMILES string of the molecule is CCN(CC)c1ccc(NC(=O)c2cccc(CCCOCCOCCOCCOCCNc3ccc(C(=O)O)cc3)c2)c(-c2cc(Cc3cccc(C(F)(F)F)c3)ccn2)c1.CCO.NC=O. The van der Waals surface area contributed by atoms with Gasteiger partial charge in [-0.15, -0.1) is 0 Å². The number of ether oxygens (including phenoxy) is 4. The fourth-order valence-electron chi connectivity index (χ4n) is 6.66. The summed E-state index contributed by atoms with van der Waals surface area (Å²) in [7, 11) is 0. The molecule has 0 spiro atoms. The maximum atomic E-state index is 13.7. The van der Waals surface area contributed by atoms with E-state index in [0.717, 1.165) is 54.5 Å². The number of carbonyl (C=O) groups excluding carboxylic acids is 2. The summed E-state index contributed by atoms with van der Waals surface area (Å²) in [6, 6.07) is 28.8. The second-order valence-electron chi connectivity index (χ2n) is 14.8. The van der Waals surface area contributed by atoms with Gasteiger partial charge in [-0.3, -0.25) is 14.6 Å². The van der Waals surface area contributed by atoms with Crippen LogP contribution in [0.5, 0.6) is 0 Å². The number of alkyl halides is 3. The first-order chi connectivity index (χ1) is 32.9. The number of rotatable bonds is 26. The summed E-state index contributed by atoms with van der Waals surface area (Å²) in [5.41, 5.74) is 10.2. The van der Waals surface area contributed by atoms with Crippen LogP contribution in [0.15, 0.2) is 109 Å². The van der Waals surface area contributed by atoms with E-state index in [9.17, 15) is 22.8 Å². The summed E-state index contributed by atoms with van der Waals surface area (Å²) in [6.07, 6.45) is -0.763. The predicted molar refractivity (Wildman–Crippen MR) is 258 cm³/mol. The number of nitrogens with two attached hydrogens (primary N) is 1. The smallest absolute Gasteiger partial charge is 0.416 e. The summed E-state index contributed by atoms with van der Waals surface area (Å²) in [5.74, 6) is -1.23. The molecule has 0 saturated heterocycles. The van der Waals surface area contributed by atoms with Crippen LogP contribution in [-0.2, 0) is 42.8 Å². The third kappa shape index (κ3) is 20.7. The summed E-state index contributed by atoms with van der Waals surface area (Å²) < 4.78 is 62.6. The van der Waals surface area contributed by atoms with Gasteiger partial charge in [0, 0.05) is 61.5 Å². The monoisotopic (exact) mass is 947 g/mol. The number of amides is 2. The highest BCUT2D eigenvalue weighted by Crippen LogP contribution is 2.33. The van der Waals surface area contributed by atoms with Crippen molar-refractivity contribution in [1.82, 2.24) is 4.98 Å². The van der Waals surface area contributed by atoms with Crippen LogP contribution in [0.4, 0.5) is 30.2 Å². The number of aliphatic hydroxyl groups is 1. The second-order valence-corrected chi connectivity index (χ2v) is 14.8. The van der Waals surface area contributed by atoms with Gasteiger partial charge in [-0.1, -0.05) is 30.3 Å². The fourth-order valence-corrected chi connectivity index (χ4v) is 6.66. The maximum absolute atomic E-state index is 13.7. The molecule has 5 rings (SSSR count). The molecule has 1 aromatic heterocycles. The van der Waals surface area contributed by atoms with Crippen molar-refractivity contribution in [3.8, 4) is 11.3 Å². The molecule has 0 fully saturated rings. The van der Waals surface area contributed by atoms with Gasteiger partial charge in [0.25, 0.3) is 5.91 Å². The zero-order valence-corrected chi connectivity index (χ0v) is 38.9. The molecule has 14 nitrogen and oxygen atoms in total. The lowest BCUT2D eigenvalue weighted by Gasteiger charge is -2.23. The quantitative estimate of drug-likeness (QED) is 0.0263. The molecule has 4 aromatic carbocycles. The number of benzene rings is 4. The summed E-state index contributed by atoms with van der Waals surface area (Å²) in [5, 5.41) is 22.8. The molecule has 0 unspecified atom stereocenters. The van der Waals surface area contributed by atoms with Crippen molar-refractivity contribution in [2.24, 2.45) is 5.73 Å². The molecular formula is C51H64F3N5O9. The Morgan fingerprint density at radius 1 is 0.735 bits per heavy atom. The number of hydrogen-bond acceptors (Lipinski definition) is 11. The van der Waals surface area contributed by atoms with Gasteiger partial charge in [0.1, 0.15) is 0 Å². The highest BCUT2D eigenvalue weighted by atomic mass is 19.4. The van der Waals surface area contributed by atoms with Gasteiger partial charge >= 0.3 is 12.1 Å². The number of primary amides is 1. The number of nitrogens with zero attached hydrogens (tertiary/aromatic N) is 2. The highest BCUT2D eigenvalue weighted by Gasteiger charge is 2.30. The lowest BCUT2D eigenvalue weighted by atomic mass is 10.00. The molecule has 1 heterocycles. The molecule has 0 bridgehead atoms. The number of hydrogen-bond donors (Lipinski definition) is 5. The molecule has 0 aliphatic carbocycles. The first-order valence-electron chi connectivity index (χ1n) is 22.4. The average molecular weight is 948 g/mol. The van der Waals surface area contributed by atoms with Gasteiger partial charge in [0.2, 0.25) is 6.41 Å². The first-order valence-corrected chi connectivity index (χ1v) is 22.4. The Morgan fingerprint density at radius 3 is 1.94 bits per heavy atom. The lowest BCUT2D eigenvalue weighted by molar-refractivity contribution is -0.137. The van der Waals surface area contributed by atoms with Crippen molar-refractivity contribution in [1.29, 1.82) is 0 Å². The second kappa shape index (κ2) is 31.6. The highest BCUT2D eigenvalue weighted by molar-refractivity contribution is 6.06. The van der Waals surface area contributed by atoms with Gasteiger partial charge in [0.05, 0.1) is 68.8 Å². The Kier molecular flexibility index (Phi) is 26.0. The van der Waals surface area contributed by atoms with Gasteiger partial charge in [-0.2, -0.15) is 13.2 Å². The summed E-state index contributed by atoms with van der Waals surface area (Å²) in [4.78, 5) is 40.0. The molecular weight excluding hydrogens is 884 g/mol. The Hall–Kier alpha value is -6.37. The normalized spacial score (nSPS) is 10.8. The number of pyridine rings is 1. The number of aryl methyl sites for hydroxylation is 1. The Labute approximate surface area is 396 Å². The van der Waals surface area contributed by atoms with Gasteiger partial charge in [-0.25, -0.2) is 4.79 Å². The van der Waals surface area contributed by atoms with Gasteiger partial charge in [0.15, 0.2) is 0 Å². The van der Waals surface area contributed by atoms with Gasteiger partial charge < -0.3 is 50.4 Å². The average Bonchev–Trinajstić information content (AvgIpc) is 3.33. The van der Waals surface area contributed by atoms with Crippen LogP contribution in [0.2, 0.25) is 0 Å². The molecule has 0 atom stereocenters. The molecule has 68 heavy (non-hydrogen) atoms. The van der Waals surface area contributed by atoms with E-state index in [1.54, 1.807) is 55.6 Å². The van der Waals surface area contributed by atoms with E-state index < -0.39 is 17.7 Å². The predicted octanol–water partition coefficient (Wildman–Crippen LogP) is 8.37. The maximum Gasteiger partial charge on any atom is 0.416 e. The molecule has 0 radical (unpaired) electrons. The molecule has 2 amide bonds. The number of halogens is 3. The van der Waals surface area contributed by atoms with Crippen LogP contribution >= 0.6 is 0 Å². The molecule has 5 aromatic rings. The van der Waals surface area contributed by atoms with Crippen LogP contribution in [0.25, 0.3) is 11.3 Å². The van der Waals surface area contributed by atoms with E-state index in [4.69, 9.17) is 34.0 Å². The Bertz CT molecular complexity index is 2240. The number of aromatic nitrogens is 1. The lowest BCUT2D eigenvalue weighted by Crippen LogP contribution is -2.22. The van der Waals surface area contributed by atoms with Crippen LogP contribution < -0.4 is 21.3 Å². The van der Waals surface area contributed by atoms with Crippen molar-refractivity contribution >= 4 is 35.3 Å². The zero-order chi connectivity index (χ0) is 49.6. The summed E-state index contributed by atoms with van der Waals surface area (Å²) >= 11 is 0. The first kappa shape index (κ1) is 56.0. The Morgan fingerprint density at radius 2 is 1.32 bits per heavy atom. The van der Waals surface area contributed by atoms with E-state index >= 15 is 0 Å².